The number of morpholine rings is 1. The molecule has 1 saturated heterocycles. The van der Waals surface area contributed by atoms with Crippen molar-refractivity contribution >= 4 is 26.7 Å². The number of hydrogen-bond acceptors (Lipinski definition) is 8. The third-order valence-corrected chi connectivity index (χ3v) is 6.85. The minimum atomic E-state index is -3.41. The summed E-state index contributed by atoms with van der Waals surface area (Å²) in [6.45, 7) is 7.79. The number of hydrogen-bond donors (Lipinski definition) is 2. The molecular weight excluding hydrogens is 442 g/mol. The zero-order valence-corrected chi connectivity index (χ0v) is 19.7. The number of aromatic amines is 2. The molecule has 1 unspecified atom stereocenters. The first-order chi connectivity index (χ1) is 15.7. The van der Waals surface area contributed by atoms with Gasteiger partial charge in [-0.05, 0) is 45.0 Å². The Labute approximate surface area is 191 Å². The molecule has 0 aliphatic carbocycles. The van der Waals surface area contributed by atoms with Crippen LogP contribution in [0, 0.1) is 13.8 Å². The fourth-order valence-electron chi connectivity index (χ4n) is 4.17. The van der Waals surface area contributed by atoms with Crippen LogP contribution < -0.4 is 4.90 Å². The van der Waals surface area contributed by atoms with E-state index in [-0.39, 0.29) is 11.1 Å². The van der Waals surface area contributed by atoms with Gasteiger partial charge < -0.3 is 9.64 Å². The molecular formula is C22H25N7O3S. The third kappa shape index (κ3) is 3.87. The molecule has 5 heterocycles. The van der Waals surface area contributed by atoms with E-state index in [1.54, 1.807) is 6.07 Å². The van der Waals surface area contributed by atoms with Crippen LogP contribution in [-0.4, -0.2) is 70.8 Å². The molecule has 4 aromatic rings. The van der Waals surface area contributed by atoms with E-state index in [1.165, 1.54) is 6.07 Å². The van der Waals surface area contributed by atoms with Crippen LogP contribution >= 0.6 is 0 Å². The summed E-state index contributed by atoms with van der Waals surface area (Å²) in [6.07, 6.45) is 1.16. The number of ether oxygens (including phenoxy) is 1. The standard InChI is InChI=1S/C22H25N7O3S/c1-12-9-17(26-25-12)21-22-20(27-28-21)16(10-18(24-22)29-7-8-32-11-13(29)2)15-5-6-19(23-14(15)3)33(4,30)31/h5-6,9-10,13H,7-8,11H2,1-4H3,(H,25,26)(H,27,28). The first-order valence-electron chi connectivity index (χ1n) is 10.7. The molecule has 0 aromatic carbocycles. The summed E-state index contributed by atoms with van der Waals surface area (Å²) >= 11 is 0. The predicted octanol–water partition coefficient (Wildman–Crippen LogP) is 2.66. The van der Waals surface area contributed by atoms with E-state index in [1.807, 2.05) is 26.0 Å². The topological polar surface area (TPSA) is 130 Å². The van der Waals surface area contributed by atoms with E-state index in [0.717, 1.165) is 46.6 Å². The van der Waals surface area contributed by atoms with Crippen molar-refractivity contribution in [1.82, 2.24) is 30.4 Å². The lowest BCUT2D eigenvalue weighted by molar-refractivity contribution is 0.0986. The summed E-state index contributed by atoms with van der Waals surface area (Å²) in [4.78, 5) is 11.6. The van der Waals surface area contributed by atoms with Gasteiger partial charge in [0.2, 0.25) is 0 Å². The Morgan fingerprint density at radius 2 is 1.91 bits per heavy atom. The van der Waals surface area contributed by atoms with Crippen molar-refractivity contribution in [2.45, 2.75) is 31.8 Å². The minimum Gasteiger partial charge on any atom is -0.377 e. The Morgan fingerprint density at radius 3 is 2.58 bits per heavy atom. The van der Waals surface area contributed by atoms with Crippen molar-refractivity contribution in [3.8, 4) is 22.5 Å². The van der Waals surface area contributed by atoms with Crippen LogP contribution in [0.3, 0.4) is 0 Å². The van der Waals surface area contributed by atoms with E-state index in [2.05, 4.69) is 37.2 Å². The molecule has 0 radical (unpaired) electrons. The van der Waals surface area contributed by atoms with E-state index in [4.69, 9.17) is 9.72 Å². The molecule has 0 spiro atoms. The average molecular weight is 468 g/mol. The van der Waals surface area contributed by atoms with Crippen molar-refractivity contribution in [2.75, 3.05) is 30.9 Å². The molecule has 1 aliphatic heterocycles. The predicted molar refractivity (Wildman–Crippen MR) is 125 cm³/mol. The number of nitrogens with zero attached hydrogens (tertiary/aromatic N) is 5. The molecule has 1 atom stereocenters. The molecule has 33 heavy (non-hydrogen) atoms. The molecule has 172 valence electrons. The molecule has 0 saturated carbocycles. The fraction of sp³-hybridized carbons (Fsp3) is 0.364. The second-order valence-corrected chi connectivity index (χ2v) is 10.4. The molecule has 1 aliphatic rings. The minimum absolute atomic E-state index is 0.0503. The van der Waals surface area contributed by atoms with Crippen molar-refractivity contribution in [1.29, 1.82) is 0 Å². The molecule has 0 amide bonds. The summed E-state index contributed by atoms with van der Waals surface area (Å²) in [5, 5.41) is 15.0. The fourth-order valence-corrected chi connectivity index (χ4v) is 4.79. The Kier molecular flexibility index (Phi) is 5.17. The van der Waals surface area contributed by atoms with Gasteiger partial charge in [0.1, 0.15) is 17.0 Å². The van der Waals surface area contributed by atoms with Gasteiger partial charge in [0, 0.05) is 29.6 Å². The largest absolute Gasteiger partial charge is 0.377 e. The van der Waals surface area contributed by atoms with E-state index >= 15 is 0 Å². The lowest BCUT2D eigenvalue weighted by Gasteiger charge is -2.34. The van der Waals surface area contributed by atoms with Crippen LogP contribution in [-0.2, 0) is 14.6 Å². The van der Waals surface area contributed by atoms with Gasteiger partial charge in [-0.25, -0.2) is 18.4 Å². The number of pyridine rings is 2. The van der Waals surface area contributed by atoms with Gasteiger partial charge in [-0.2, -0.15) is 10.2 Å². The normalized spacial score (nSPS) is 17.1. The molecule has 5 rings (SSSR count). The van der Waals surface area contributed by atoms with Crippen molar-refractivity contribution < 1.29 is 13.2 Å². The smallest absolute Gasteiger partial charge is 0.192 e. The van der Waals surface area contributed by atoms with Crippen molar-refractivity contribution in [2.24, 2.45) is 0 Å². The summed E-state index contributed by atoms with van der Waals surface area (Å²) in [7, 11) is -3.41. The summed E-state index contributed by atoms with van der Waals surface area (Å²) in [6, 6.07) is 7.42. The number of anilines is 1. The Bertz CT molecular complexity index is 1460. The highest BCUT2D eigenvalue weighted by molar-refractivity contribution is 7.90. The molecule has 0 bridgehead atoms. The third-order valence-electron chi connectivity index (χ3n) is 5.86. The molecule has 1 fully saturated rings. The summed E-state index contributed by atoms with van der Waals surface area (Å²) in [5.74, 6) is 0.804. The molecule has 2 N–H and O–H groups in total. The van der Waals surface area contributed by atoms with Gasteiger partial charge >= 0.3 is 0 Å². The summed E-state index contributed by atoms with van der Waals surface area (Å²) < 4.78 is 29.6. The zero-order valence-electron chi connectivity index (χ0n) is 18.9. The van der Waals surface area contributed by atoms with E-state index < -0.39 is 9.84 Å². The molecule has 4 aromatic heterocycles. The second-order valence-electron chi connectivity index (χ2n) is 8.42. The highest BCUT2D eigenvalue weighted by Crippen LogP contribution is 2.36. The monoisotopic (exact) mass is 467 g/mol. The van der Waals surface area contributed by atoms with Crippen LogP contribution in [0.15, 0.2) is 29.3 Å². The van der Waals surface area contributed by atoms with Gasteiger partial charge in [0.25, 0.3) is 0 Å². The van der Waals surface area contributed by atoms with Crippen LogP contribution in [0.1, 0.15) is 18.3 Å². The first-order valence-corrected chi connectivity index (χ1v) is 12.6. The van der Waals surface area contributed by atoms with Gasteiger partial charge in [-0.1, -0.05) is 0 Å². The highest BCUT2D eigenvalue weighted by Gasteiger charge is 2.25. The highest BCUT2D eigenvalue weighted by atomic mass is 32.2. The van der Waals surface area contributed by atoms with Crippen LogP contribution in [0.2, 0.25) is 0 Å². The maximum Gasteiger partial charge on any atom is 0.192 e. The number of aryl methyl sites for hydroxylation is 2. The summed E-state index contributed by atoms with van der Waals surface area (Å²) in [5.41, 5.74) is 6.03. The second kappa shape index (κ2) is 7.92. The number of nitrogens with one attached hydrogen (secondary N) is 2. The Balaban J connectivity index is 1.75. The molecule has 11 heteroatoms. The van der Waals surface area contributed by atoms with E-state index in [0.29, 0.717) is 30.1 Å². The zero-order chi connectivity index (χ0) is 23.3. The Morgan fingerprint density at radius 1 is 1.09 bits per heavy atom. The van der Waals surface area contributed by atoms with Crippen molar-refractivity contribution in [3.63, 3.8) is 0 Å². The maximum atomic E-state index is 12.0. The molecule has 10 nitrogen and oxygen atoms in total. The van der Waals surface area contributed by atoms with Crippen LogP contribution in [0.5, 0.6) is 0 Å². The number of fused-ring (bicyclic) bond motifs is 1. The first kappa shape index (κ1) is 21.5. The van der Waals surface area contributed by atoms with Gasteiger partial charge in [-0.15, -0.1) is 0 Å². The quantitative estimate of drug-likeness (QED) is 0.469. The van der Waals surface area contributed by atoms with Crippen molar-refractivity contribution in [3.05, 3.63) is 35.7 Å². The van der Waals surface area contributed by atoms with Gasteiger partial charge in [-0.3, -0.25) is 10.2 Å². The lowest BCUT2D eigenvalue weighted by Crippen LogP contribution is -2.44. The number of rotatable bonds is 4. The SMILES string of the molecule is Cc1cc(-c2n[nH]c3c(-c4ccc(S(C)(=O)=O)nc4C)cc(N4CCOCC4C)nc23)[nH]n1. The van der Waals surface area contributed by atoms with E-state index in [9.17, 15) is 8.42 Å². The number of sulfone groups is 1. The average Bonchev–Trinajstić information content (AvgIpc) is 3.38. The number of H-pyrrole nitrogens is 2. The number of aromatic nitrogens is 6. The lowest BCUT2D eigenvalue weighted by atomic mass is 10.0. The van der Waals surface area contributed by atoms with Gasteiger partial charge in [0.15, 0.2) is 14.9 Å². The van der Waals surface area contributed by atoms with Crippen LogP contribution in [0.4, 0.5) is 5.82 Å². The Hall–Kier alpha value is -3.31. The van der Waals surface area contributed by atoms with Gasteiger partial charge in [0.05, 0.1) is 36.2 Å². The maximum absolute atomic E-state index is 12.0. The van der Waals surface area contributed by atoms with Crippen LogP contribution in [0.25, 0.3) is 33.5 Å².